The van der Waals surface area contributed by atoms with Crippen LogP contribution in [0.4, 0.5) is 5.69 Å². The summed E-state index contributed by atoms with van der Waals surface area (Å²) >= 11 is 0. The van der Waals surface area contributed by atoms with E-state index in [1.54, 1.807) is 24.3 Å². The minimum atomic E-state index is -3.78. The molecular weight excluding hydrogens is 306 g/mol. The predicted octanol–water partition coefficient (Wildman–Crippen LogP) is 2.85. The molecule has 0 saturated heterocycles. The Morgan fingerprint density at radius 1 is 1.05 bits per heavy atom. The van der Waals surface area contributed by atoms with Crippen LogP contribution in [-0.2, 0) is 20.7 Å². The highest BCUT2D eigenvalue weighted by atomic mass is 32.2. The van der Waals surface area contributed by atoms with Gasteiger partial charge in [0.2, 0.25) is 0 Å². The summed E-state index contributed by atoms with van der Waals surface area (Å²) < 4.78 is 28.9. The monoisotopic (exact) mass is 321 g/mol. The number of benzene rings is 2. The van der Waals surface area contributed by atoms with Crippen molar-refractivity contribution in [2.75, 3.05) is 6.61 Å². The molecule has 0 unspecified atom stereocenters. The SMILES string of the molecule is Cc1ccc(S(=O)(=O)OCCc2ccc([N+](=O)[O-])cc2)cc1. The van der Waals surface area contributed by atoms with E-state index in [-0.39, 0.29) is 17.2 Å². The number of nitro groups is 1. The molecule has 0 aliphatic heterocycles. The third kappa shape index (κ3) is 4.12. The molecular formula is C15H15NO5S. The molecule has 2 aromatic carbocycles. The van der Waals surface area contributed by atoms with Crippen LogP contribution in [0.2, 0.25) is 0 Å². The summed E-state index contributed by atoms with van der Waals surface area (Å²) in [5, 5.41) is 10.5. The highest BCUT2D eigenvalue weighted by Gasteiger charge is 2.14. The standard InChI is InChI=1S/C15H15NO5S/c1-12-2-8-15(9-3-12)22(19,20)21-11-10-13-4-6-14(7-5-13)16(17)18/h2-9H,10-11H2,1H3. The molecule has 0 radical (unpaired) electrons. The van der Waals surface area contributed by atoms with Crippen molar-refractivity contribution < 1.29 is 17.5 Å². The maximum atomic E-state index is 12.0. The zero-order valence-corrected chi connectivity index (χ0v) is 12.7. The number of hydrogen-bond donors (Lipinski definition) is 0. The van der Waals surface area contributed by atoms with Crippen LogP contribution in [0, 0.1) is 17.0 Å². The second-order valence-corrected chi connectivity index (χ2v) is 6.38. The van der Waals surface area contributed by atoms with E-state index in [0.717, 1.165) is 11.1 Å². The molecule has 0 atom stereocenters. The van der Waals surface area contributed by atoms with Gasteiger partial charge in [0.1, 0.15) is 0 Å². The normalized spacial score (nSPS) is 11.3. The lowest BCUT2D eigenvalue weighted by Crippen LogP contribution is -2.09. The minimum absolute atomic E-state index is 0.00283. The number of nitrogens with zero attached hydrogens (tertiary/aromatic N) is 1. The fourth-order valence-corrected chi connectivity index (χ4v) is 2.73. The molecule has 116 valence electrons. The Balaban J connectivity index is 1.95. The van der Waals surface area contributed by atoms with Crippen LogP contribution in [0.1, 0.15) is 11.1 Å². The van der Waals surface area contributed by atoms with Crippen molar-refractivity contribution in [3.05, 3.63) is 69.8 Å². The Hall–Kier alpha value is -2.25. The van der Waals surface area contributed by atoms with Gasteiger partial charge >= 0.3 is 0 Å². The smallest absolute Gasteiger partial charge is 0.266 e. The van der Waals surface area contributed by atoms with Crippen molar-refractivity contribution in [1.29, 1.82) is 0 Å². The second kappa shape index (κ2) is 6.67. The van der Waals surface area contributed by atoms with Gasteiger partial charge in [-0.2, -0.15) is 8.42 Å². The fraction of sp³-hybridized carbons (Fsp3) is 0.200. The van der Waals surface area contributed by atoms with Crippen molar-refractivity contribution in [3.8, 4) is 0 Å². The first-order valence-corrected chi connectivity index (χ1v) is 7.99. The third-order valence-corrected chi connectivity index (χ3v) is 4.41. The molecule has 0 fully saturated rings. The highest BCUT2D eigenvalue weighted by Crippen LogP contribution is 2.15. The Morgan fingerprint density at radius 2 is 1.64 bits per heavy atom. The molecule has 0 N–H and O–H groups in total. The number of aryl methyl sites for hydroxylation is 1. The van der Waals surface area contributed by atoms with Crippen molar-refractivity contribution in [1.82, 2.24) is 0 Å². The van der Waals surface area contributed by atoms with Crippen molar-refractivity contribution in [2.45, 2.75) is 18.2 Å². The van der Waals surface area contributed by atoms with Gasteiger partial charge in [0.15, 0.2) is 0 Å². The lowest BCUT2D eigenvalue weighted by molar-refractivity contribution is -0.384. The first-order chi connectivity index (χ1) is 10.4. The van der Waals surface area contributed by atoms with Crippen LogP contribution in [0.5, 0.6) is 0 Å². The molecule has 2 aromatic rings. The minimum Gasteiger partial charge on any atom is -0.266 e. The van der Waals surface area contributed by atoms with Crippen LogP contribution < -0.4 is 0 Å². The van der Waals surface area contributed by atoms with Crippen LogP contribution in [0.3, 0.4) is 0 Å². The van der Waals surface area contributed by atoms with E-state index in [2.05, 4.69) is 0 Å². The number of hydrogen-bond acceptors (Lipinski definition) is 5. The van der Waals surface area contributed by atoms with E-state index in [9.17, 15) is 18.5 Å². The fourth-order valence-electron chi connectivity index (χ4n) is 1.83. The molecule has 0 aromatic heterocycles. The van der Waals surface area contributed by atoms with Gasteiger partial charge in [-0.1, -0.05) is 29.8 Å². The number of nitro benzene ring substituents is 1. The molecule has 22 heavy (non-hydrogen) atoms. The molecule has 0 heterocycles. The molecule has 0 amide bonds. The van der Waals surface area contributed by atoms with Crippen molar-refractivity contribution >= 4 is 15.8 Å². The summed E-state index contributed by atoms with van der Waals surface area (Å²) in [4.78, 5) is 10.2. The van der Waals surface area contributed by atoms with E-state index >= 15 is 0 Å². The van der Waals surface area contributed by atoms with E-state index in [0.29, 0.717) is 6.42 Å². The third-order valence-electron chi connectivity index (χ3n) is 3.09. The molecule has 0 aliphatic carbocycles. The summed E-state index contributed by atoms with van der Waals surface area (Å²) in [5.41, 5.74) is 1.73. The first-order valence-electron chi connectivity index (χ1n) is 6.58. The Labute approximate surface area is 128 Å². The Bertz CT molecular complexity index is 752. The molecule has 0 aliphatic rings. The van der Waals surface area contributed by atoms with Crippen LogP contribution in [0.15, 0.2) is 53.4 Å². The molecule has 2 rings (SSSR count). The van der Waals surface area contributed by atoms with Crippen LogP contribution in [0.25, 0.3) is 0 Å². The van der Waals surface area contributed by atoms with E-state index in [1.807, 2.05) is 6.92 Å². The molecule has 7 heteroatoms. The average Bonchev–Trinajstić information content (AvgIpc) is 2.48. The Kier molecular flexibility index (Phi) is 4.89. The van der Waals surface area contributed by atoms with Gasteiger partial charge < -0.3 is 0 Å². The van der Waals surface area contributed by atoms with Gasteiger partial charge in [0, 0.05) is 12.1 Å². The first kappa shape index (κ1) is 16.1. The van der Waals surface area contributed by atoms with Crippen molar-refractivity contribution in [3.63, 3.8) is 0 Å². The highest BCUT2D eigenvalue weighted by molar-refractivity contribution is 7.86. The predicted molar refractivity (Wildman–Crippen MR) is 81.1 cm³/mol. The van der Waals surface area contributed by atoms with Gasteiger partial charge in [-0.15, -0.1) is 0 Å². The topological polar surface area (TPSA) is 86.5 Å². The molecule has 0 bridgehead atoms. The number of rotatable bonds is 6. The summed E-state index contributed by atoms with van der Waals surface area (Å²) in [5.74, 6) is 0. The quantitative estimate of drug-likeness (QED) is 0.464. The van der Waals surface area contributed by atoms with Gasteiger partial charge in [-0.05, 0) is 31.0 Å². The van der Waals surface area contributed by atoms with E-state index < -0.39 is 15.0 Å². The zero-order valence-electron chi connectivity index (χ0n) is 11.9. The van der Waals surface area contributed by atoms with Gasteiger partial charge in [-0.25, -0.2) is 0 Å². The maximum absolute atomic E-state index is 12.0. The Morgan fingerprint density at radius 3 is 2.18 bits per heavy atom. The van der Waals surface area contributed by atoms with Gasteiger partial charge in [-0.3, -0.25) is 14.3 Å². The molecule has 0 spiro atoms. The number of non-ortho nitro benzene ring substituents is 1. The molecule has 6 nitrogen and oxygen atoms in total. The lowest BCUT2D eigenvalue weighted by Gasteiger charge is -2.06. The summed E-state index contributed by atoms with van der Waals surface area (Å²) in [7, 11) is -3.78. The van der Waals surface area contributed by atoms with Crippen molar-refractivity contribution in [2.24, 2.45) is 0 Å². The van der Waals surface area contributed by atoms with Crippen LogP contribution >= 0.6 is 0 Å². The summed E-state index contributed by atoms with van der Waals surface area (Å²) in [6.45, 7) is 1.85. The average molecular weight is 321 g/mol. The molecule has 0 saturated carbocycles. The van der Waals surface area contributed by atoms with Crippen LogP contribution in [-0.4, -0.2) is 19.9 Å². The van der Waals surface area contributed by atoms with E-state index in [4.69, 9.17) is 4.18 Å². The zero-order chi connectivity index (χ0) is 16.2. The van der Waals surface area contributed by atoms with Gasteiger partial charge in [0.05, 0.1) is 16.4 Å². The van der Waals surface area contributed by atoms with E-state index in [1.165, 1.54) is 24.3 Å². The second-order valence-electron chi connectivity index (χ2n) is 4.76. The van der Waals surface area contributed by atoms with Gasteiger partial charge in [0.25, 0.3) is 15.8 Å². The maximum Gasteiger partial charge on any atom is 0.296 e. The summed E-state index contributed by atoms with van der Waals surface area (Å²) in [6, 6.07) is 12.3. The summed E-state index contributed by atoms with van der Waals surface area (Å²) in [6.07, 6.45) is 0.350. The lowest BCUT2D eigenvalue weighted by atomic mass is 10.1. The largest absolute Gasteiger partial charge is 0.296 e.